The average molecular weight is 318 g/mol. The van der Waals surface area contributed by atoms with E-state index in [1.165, 1.54) is 12.1 Å². The summed E-state index contributed by atoms with van der Waals surface area (Å²) in [6.07, 6.45) is 0. The highest BCUT2D eigenvalue weighted by Crippen LogP contribution is 2.19. The molecule has 1 aromatic carbocycles. The third kappa shape index (κ3) is 2.63. The molecule has 0 atom stereocenters. The first-order valence-electron chi connectivity index (χ1n) is 6.44. The molecule has 0 saturated carbocycles. The van der Waals surface area contributed by atoms with Gasteiger partial charge in [-0.1, -0.05) is 0 Å². The molecule has 2 heterocycles. The maximum atomic E-state index is 11.2. The summed E-state index contributed by atoms with van der Waals surface area (Å²) < 4.78 is 24.2. The molecule has 0 saturated heterocycles. The van der Waals surface area contributed by atoms with E-state index in [9.17, 15) is 8.42 Å². The Hall–Kier alpha value is -2.52. The first kappa shape index (κ1) is 14.4. The van der Waals surface area contributed by atoms with Gasteiger partial charge in [0.2, 0.25) is 16.0 Å². The predicted molar refractivity (Wildman–Crippen MR) is 81.4 cm³/mol. The van der Waals surface area contributed by atoms with Crippen molar-refractivity contribution in [3.05, 3.63) is 41.7 Å². The van der Waals surface area contributed by atoms with Gasteiger partial charge in [-0.2, -0.15) is 0 Å². The molecule has 3 N–H and O–H groups in total. The molecule has 9 heteroatoms. The molecule has 0 spiro atoms. The molecule has 114 valence electrons. The van der Waals surface area contributed by atoms with Crippen molar-refractivity contribution < 1.29 is 8.42 Å². The molecular formula is C13H14N6O2S. The third-order valence-corrected chi connectivity index (χ3v) is 4.06. The standard InChI is InChI=1S/C13H14N6O2S/c1-8-7-9(2)19-12(15-8)17-18-13(19)16-10-3-5-11(6-4-10)22(14,20)21/h3-7H,1-2H3,(H,16,18)(H2,14,20,21). The number of aromatic nitrogens is 4. The summed E-state index contributed by atoms with van der Waals surface area (Å²) >= 11 is 0. The van der Waals surface area contributed by atoms with Crippen LogP contribution in [0.25, 0.3) is 5.78 Å². The van der Waals surface area contributed by atoms with Crippen molar-refractivity contribution in [2.75, 3.05) is 5.32 Å². The van der Waals surface area contributed by atoms with E-state index in [4.69, 9.17) is 5.14 Å². The van der Waals surface area contributed by atoms with Crippen molar-refractivity contribution in [1.82, 2.24) is 19.6 Å². The van der Waals surface area contributed by atoms with Crippen LogP contribution < -0.4 is 10.5 Å². The van der Waals surface area contributed by atoms with E-state index >= 15 is 0 Å². The SMILES string of the molecule is Cc1cc(C)n2c(Nc3ccc(S(N)(=O)=O)cc3)nnc2n1. The Labute approximate surface area is 127 Å². The fraction of sp³-hybridized carbons (Fsp3) is 0.154. The van der Waals surface area contributed by atoms with Gasteiger partial charge in [0.1, 0.15) is 0 Å². The summed E-state index contributed by atoms with van der Waals surface area (Å²) in [5.41, 5.74) is 2.47. The van der Waals surface area contributed by atoms with Crippen LogP contribution in [0, 0.1) is 13.8 Å². The second-order valence-corrected chi connectivity index (χ2v) is 6.45. The number of nitrogens with one attached hydrogen (secondary N) is 1. The van der Waals surface area contributed by atoms with Crippen LogP contribution >= 0.6 is 0 Å². The summed E-state index contributed by atoms with van der Waals surface area (Å²) in [5.74, 6) is 1.00. The number of hydrogen-bond donors (Lipinski definition) is 2. The minimum atomic E-state index is -3.70. The number of fused-ring (bicyclic) bond motifs is 1. The molecule has 22 heavy (non-hydrogen) atoms. The van der Waals surface area contributed by atoms with Crippen LogP contribution in [0.15, 0.2) is 35.2 Å². The van der Waals surface area contributed by atoms with Crippen molar-refractivity contribution in [3.8, 4) is 0 Å². The van der Waals surface area contributed by atoms with E-state index in [0.29, 0.717) is 17.4 Å². The van der Waals surface area contributed by atoms with E-state index in [-0.39, 0.29) is 4.90 Å². The topological polar surface area (TPSA) is 115 Å². The van der Waals surface area contributed by atoms with Crippen molar-refractivity contribution in [1.29, 1.82) is 0 Å². The van der Waals surface area contributed by atoms with Gasteiger partial charge in [0, 0.05) is 17.1 Å². The lowest BCUT2D eigenvalue weighted by atomic mass is 10.3. The molecule has 8 nitrogen and oxygen atoms in total. The minimum absolute atomic E-state index is 0.0534. The monoisotopic (exact) mass is 318 g/mol. The lowest BCUT2D eigenvalue weighted by Crippen LogP contribution is -2.11. The maximum absolute atomic E-state index is 11.2. The first-order valence-corrected chi connectivity index (χ1v) is 7.98. The number of hydrogen-bond acceptors (Lipinski definition) is 6. The van der Waals surface area contributed by atoms with Gasteiger partial charge >= 0.3 is 0 Å². The molecule has 3 aromatic rings. The number of rotatable bonds is 3. The zero-order chi connectivity index (χ0) is 15.9. The molecule has 0 bridgehead atoms. The van der Waals surface area contributed by atoms with Crippen molar-refractivity contribution in [2.24, 2.45) is 5.14 Å². The highest BCUT2D eigenvalue weighted by molar-refractivity contribution is 7.89. The number of sulfonamides is 1. The second kappa shape index (κ2) is 5.04. The average Bonchev–Trinajstić information content (AvgIpc) is 2.81. The molecular weight excluding hydrogens is 304 g/mol. The number of benzene rings is 1. The van der Waals surface area contributed by atoms with Crippen LogP contribution in [0.1, 0.15) is 11.4 Å². The Balaban J connectivity index is 1.97. The predicted octanol–water partition coefficient (Wildman–Crippen LogP) is 1.13. The Morgan fingerprint density at radius 3 is 2.45 bits per heavy atom. The molecule has 0 aliphatic heterocycles. The quantitative estimate of drug-likeness (QED) is 0.748. The van der Waals surface area contributed by atoms with Gasteiger partial charge in [-0.3, -0.25) is 0 Å². The zero-order valence-corrected chi connectivity index (χ0v) is 12.8. The highest BCUT2D eigenvalue weighted by atomic mass is 32.2. The lowest BCUT2D eigenvalue weighted by molar-refractivity contribution is 0.598. The first-order chi connectivity index (χ1) is 10.3. The van der Waals surface area contributed by atoms with Crippen LogP contribution in [0.3, 0.4) is 0 Å². The van der Waals surface area contributed by atoms with Crippen LogP contribution in [-0.4, -0.2) is 28.0 Å². The van der Waals surface area contributed by atoms with Crippen LogP contribution in [0.4, 0.5) is 11.6 Å². The van der Waals surface area contributed by atoms with Gasteiger partial charge in [0.15, 0.2) is 0 Å². The number of nitrogens with two attached hydrogens (primary N) is 1. The van der Waals surface area contributed by atoms with Gasteiger partial charge in [-0.25, -0.2) is 22.9 Å². The minimum Gasteiger partial charge on any atom is -0.324 e. The van der Waals surface area contributed by atoms with Crippen LogP contribution in [-0.2, 0) is 10.0 Å². The van der Waals surface area contributed by atoms with Gasteiger partial charge in [0.05, 0.1) is 4.90 Å². The molecule has 0 amide bonds. The number of anilines is 2. The van der Waals surface area contributed by atoms with E-state index in [1.807, 2.05) is 19.9 Å². The summed E-state index contributed by atoms with van der Waals surface area (Å²) in [6, 6.07) is 7.99. The summed E-state index contributed by atoms with van der Waals surface area (Å²) in [5, 5.41) is 16.2. The number of nitrogens with zero attached hydrogens (tertiary/aromatic N) is 4. The van der Waals surface area contributed by atoms with Crippen LogP contribution in [0.5, 0.6) is 0 Å². The number of primary sulfonamides is 1. The molecule has 3 rings (SSSR count). The Bertz CT molecular complexity index is 947. The second-order valence-electron chi connectivity index (χ2n) is 4.89. The number of aryl methyl sites for hydroxylation is 2. The lowest BCUT2D eigenvalue weighted by Gasteiger charge is -2.07. The highest BCUT2D eigenvalue weighted by Gasteiger charge is 2.11. The molecule has 0 unspecified atom stereocenters. The van der Waals surface area contributed by atoms with Crippen molar-refractivity contribution >= 4 is 27.4 Å². The smallest absolute Gasteiger partial charge is 0.256 e. The van der Waals surface area contributed by atoms with Gasteiger partial charge in [-0.05, 0) is 44.2 Å². The van der Waals surface area contributed by atoms with Crippen molar-refractivity contribution in [3.63, 3.8) is 0 Å². The zero-order valence-electron chi connectivity index (χ0n) is 12.0. The summed E-state index contributed by atoms with van der Waals surface area (Å²) in [4.78, 5) is 4.35. The normalized spacial score (nSPS) is 11.8. The van der Waals surface area contributed by atoms with Gasteiger partial charge in [0.25, 0.3) is 5.78 Å². The molecule has 0 fully saturated rings. The van der Waals surface area contributed by atoms with E-state index in [1.54, 1.807) is 16.5 Å². The van der Waals surface area contributed by atoms with Crippen molar-refractivity contribution in [2.45, 2.75) is 18.7 Å². The summed E-state index contributed by atoms with van der Waals surface area (Å²) in [7, 11) is -3.70. The Kier molecular flexibility index (Phi) is 3.30. The molecule has 2 aromatic heterocycles. The van der Waals surface area contributed by atoms with Gasteiger partial charge < -0.3 is 5.32 Å². The van der Waals surface area contributed by atoms with E-state index < -0.39 is 10.0 Å². The maximum Gasteiger partial charge on any atom is 0.256 e. The fourth-order valence-electron chi connectivity index (χ4n) is 2.17. The van der Waals surface area contributed by atoms with Gasteiger partial charge in [-0.15, -0.1) is 10.2 Å². The third-order valence-electron chi connectivity index (χ3n) is 3.13. The summed E-state index contributed by atoms with van der Waals surface area (Å²) in [6.45, 7) is 3.82. The Morgan fingerprint density at radius 2 is 1.82 bits per heavy atom. The van der Waals surface area contributed by atoms with E-state index in [0.717, 1.165) is 11.4 Å². The van der Waals surface area contributed by atoms with Crippen LogP contribution in [0.2, 0.25) is 0 Å². The van der Waals surface area contributed by atoms with E-state index in [2.05, 4.69) is 20.5 Å². The molecule has 0 aliphatic carbocycles. The largest absolute Gasteiger partial charge is 0.324 e. The Morgan fingerprint density at radius 1 is 1.14 bits per heavy atom. The molecule has 0 radical (unpaired) electrons. The fourth-order valence-corrected chi connectivity index (χ4v) is 2.68. The molecule has 0 aliphatic rings.